The van der Waals surface area contributed by atoms with E-state index in [1.165, 1.54) is 29.6 Å². The molecule has 0 saturated carbocycles. The Morgan fingerprint density at radius 3 is 2.79 bits per heavy atom. The number of carbonyl (C=O) groups is 1. The van der Waals surface area contributed by atoms with Crippen LogP contribution in [0.1, 0.15) is 23.6 Å². The van der Waals surface area contributed by atoms with Crippen LogP contribution in [-0.4, -0.2) is 51.5 Å². The van der Waals surface area contributed by atoms with Crippen LogP contribution in [0.2, 0.25) is 0 Å². The summed E-state index contributed by atoms with van der Waals surface area (Å²) in [4.78, 5) is 23.4. The van der Waals surface area contributed by atoms with Crippen LogP contribution in [0.3, 0.4) is 0 Å². The number of amides is 1. The minimum absolute atomic E-state index is 0.0873. The Bertz CT molecular complexity index is 929. The number of nitrogens with zero attached hydrogens (tertiary/aromatic N) is 5. The van der Waals surface area contributed by atoms with E-state index in [4.69, 9.17) is 10.00 Å². The summed E-state index contributed by atoms with van der Waals surface area (Å²) in [6, 6.07) is 4.02. The molecular weight excluding hydrogens is 387 g/mol. The molecule has 10 heteroatoms. The van der Waals surface area contributed by atoms with Gasteiger partial charge < -0.3 is 9.64 Å². The average Bonchev–Trinajstić information content (AvgIpc) is 2.67. The molecule has 2 aromatic heterocycles. The second-order valence-electron chi connectivity index (χ2n) is 6.70. The Morgan fingerprint density at radius 2 is 2.10 bits per heavy atom. The fraction of sp³-hybridized carbons (Fsp3) is 0.368. The van der Waals surface area contributed by atoms with Crippen molar-refractivity contribution in [2.45, 2.75) is 25.7 Å². The van der Waals surface area contributed by atoms with E-state index in [1.807, 2.05) is 11.0 Å². The Hall–Kier alpha value is -3.19. The van der Waals surface area contributed by atoms with E-state index in [0.29, 0.717) is 19.6 Å². The van der Waals surface area contributed by atoms with Crippen LogP contribution in [0, 0.1) is 11.3 Å². The Balaban J connectivity index is 1.62. The van der Waals surface area contributed by atoms with Crippen LogP contribution in [0.5, 0.6) is 5.75 Å². The molecule has 1 atom stereocenters. The smallest absolute Gasteiger partial charge is 0.408 e. The molecule has 0 aromatic carbocycles. The Kier molecular flexibility index (Phi) is 5.98. The van der Waals surface area contributed by atoms with Crippen LogP contribution in [0.25, 0.3) is 0 Å². The van der Waals surface area contributed by atoms with Crippen molar-refractivity contribution in [3.8, 4) is 11.8 Å². The van der Waals surface area contributed by atoms with Crippen molar-refractivity contribution >= 4 is 6.09 Å². The number of ether oxygens (including phenoxy) is 1. The maximum absolute atomic E-state index is 13.2. The average molecular weight is 405 g/mol. The number of hydrogen-bond acceptors (Lipinski definition) is 6. The molecule has 1 aliphatic rings. The Morgan fingerprint density at radius 1 is 1.31 bits per heavy atom. The van der Waals surface area contributed by atoms with E-state index in [9.17, 15) is 18.0 Å². The third kappa shape index (κ3) is 5.00. The molecule has 152 valence electrons. The van der Waals surface area contributed by atoms with E-state index in [0.717, 1.165) is 12.3 Å². The van der Waals surface area contributed by atoms with Crippen molar-refractivity contribution in [3.63, 3.8) is 0 Å². The fourth-order valence-electron chi connectivity index (χ4n) is 3.21. The zero-order valence-corrected chi connectivity index (χ0v) is 15.6. The molecule has 0 aliphatic carbocycles. The fourth-order valence-corrected chi connectivity index (χ4v) is 3.21. The van der Waals surface area contributed by atoms with Crippen LogP contribution in [0.4, 0.5) is 18.0 Å². The standard InChI is InChI=1S/C19H18F3N5O2/c1-13-11-26(12-15-9-24-3-2-17(15)19(20,21)22)4-5-27(13)18(28)29-16-6-14(7-23)8-25-10-16/h2-3,6,8-10,13H,4-5,11-12H2,1H3/t13-/m1/s1. The maximum Gasteiger partial charge on any atom is 0.416 e. The third-order valence-corrected chi connectivity index (χ3v) is 4.60. The molecule has 29 heavy (non-hydrogen) atoms. The minimum Gasteiger partial charge on any atom is -0.408 e. The van der Waals surface area contributed by atoms with Crippen LogP contribution in [0.15, 0.2) is 36.9 Å². The summed E-state index contributed by atoms with van der Waals surface area (Å²) >= 11 is 0. The van der Waals surface area contributed by atoms with Crippen molar-refractivity contribution in [3.05, 3.63) is 53.6 Å². The zero-order chi connectivity index (χ0) is 21.0. The summed E-state index contributed by atoms with van der Waals surface area (Å²) in [6.45, 7) is 2.96. The van der Waals surface area contributed by atoms with Crippen molar-refractivity contribution in [1.82, 2.24) is 19.8 Å². The first-order valence-corrected chi connectivity index (χ1v) is 8.84. The quantitative estimate of drug-likeness (QED) is 0.781. The highest BCUT2D eigenvalue weighted by Crippen LogP contribution is 2.32. The molecular formula is C19H18F3N5O2. The van der Waals surface area contributed by atoms with Crippen LogP contribution in [-0.2, 0) is 12.7 Å². The molecule has 1 fully saturated rings. The molecule has 1 saturated heterocycles. The van der Waals surface area contributed by atoms with Gasteiger partial charge in [0.15, 0.2) is 5.75 Å². The SMILES string of the molecule is C[C@@H]1CN(Cc2cnccc2C(F)(F)F)CCN1C(=O)Oc1cncc(C#N)c1. The minimum atomic E-state index is -4.44. The van der Waals surface area contributed by atoms with Crippen molar-refractivity contribution < 1.29 is 22.7 Å². The van der Waals surface area contributed by atoms with Gasteiger partial charge in [0.1, 0.15) is 6.07 Å². The van der Waals surface area contributed by atoms with Gasteiger partial charge in [-0.05, 0) is 18.6 Å². The summed E-state index contributed by atoms with van der Waals surface area (Å²) in [5, 5.41) is 8.89. The number of pyridine rings is 2. The molecule has 3 rings (SSSR count). The molecule has 0 radical (unpaired) electrons. The van der Waals surface area contributed by atoms with Gasteiger partial charge in [-0.3, -0.25) is 14.9 Å². The van der Waals surface area contributed by atoms with Crippen molar-refractivity contribution in [2.24, 2.45) is 0 Å². The van der Waals surface area contributed by atoms with Gasteiger partial charge in [-0.1, -0.05) is 0 Å². The summed E-state index contributed by atoms with van der Waals surface area (Å²) in [7, 11) is 0. The number of rotatable bonds is 3. The lowest BCUT2D eigenvalue weighted by Crippen LogP contribution is -2.54. The zero-order valence-electron chi connectivity index (χ0n) is 15.6. The third-order valence-electron chi connectivity index (χ3n) is 4.60. The second-order valence-corrected chi connectivity index (χ2v) is 6.70. The van der Waals surface area contributed by atoms with E-state index in [-0.39, 0.29) is 29.5 Å². The summed E-state index contributed by atoms with van der Waals surface area (Å²) in [5.74, 6) is 0.161. The molecule has 3 heterocycles. The molecule has 1 amide bonds. The van der Waals surface area contributed by atoms with Gasteiger partial charge >= 0.3 is 12.3 Å². The van der Waals surface area contributed by atoms with Crippen molar-refractivity contribution in [2.75, 3.05) is 19.6 Å². The Labute approximate surface area is 165 Å². The number of carbonyl (C=O) groups excluding carboxylic acids is 1. The molecule has 0 unspecified atom stereocenters. The summed E-state index contributed by atoms with van der Waals surface area (Å²) < 4.78 is 44.8. The van der Waals surface area contributed by atoms with E-state index >= 15 is 0 Å². The number of piperazine rings is 1. The first-order chi connectivity index (χ1) is 13.8. The summed E-state index contributed by atoms with van der Waals surface area (Å²) in [6.07, 6.45) is 0.00293. The predicted octanol–water partition coefficient (Wildman–Crippen LogP) is 3.07. The summed E-state index contributed by atoms with van der Waals surface area (Å²) in [5.41, 5.74) is -0.334. The number of halogens is 3. The monoisotopic (exact) mass is 405 g/mol. The number of aromatic nitrogens is 2. The van der Waals surface area contributed by atoms with Crippen molar-refractivity contribution in [1.29, 1.82) is 5.26 Å². The first-order valence-electron chi connectivity index (χ1n) is 8.84. The van der Waals surface area contributed by atoms with E-state index in [1.54, 1.807) is 6.92 Å². The highest BCUT2D eigenvalue weighted by Gasteiger charge is 2.35. The number of hydrogen-bond donors (Lipinski definition) is 0. The highest BCUT2D eigenvalue weighted by atomic mass is 19.4. The topological polar surface area (TPSA) is 82.3 Å². The van der Waals surface area contributed by atoms with E-state index in [2.05, 4.69) is 9.97 Å². The normalized spacial score (nSPS) is 17.6. The van der Waals surface area contributed by atoms with Gasteiger partial charge in [-0.25, -0.2) is 4.79 Å². The van der Waals surface area contributed by atoms with Gasteiger partial charge in [-0.2, -0.15) is 18.4 Å². The number of nitriles is 1. The lowest BCUT2D eigenvalue weighted by atomic mass is 10.1. The molecule has 0 bridgehead atoms. The largest absolute Gasteiger partial charge is 0.416 e. The lowest BCUT2D eigenvalue weighted by Gasteiger charge is -2.39. The molecule has 0 N–H and O–H groups in total. The van der Waals surface area contributed by atoms with Crippen LogP contribution >= 0.6 is 0 Å². The molecule has 2 aromatic rings. The number of alkyl halides is 3. The van der Waals surface area contributed by atoms with E-state index < -0.39 is 17.8 Å². The van der Waals surface area contributed by atoms with Gasteiger partial charge in [0, 0.05) is 56.9 Å². The van der Waals surface area contributed by atoms with Gasteiger partial charge in [0.25, 0.3) is 0 Å². The van der Waals surface area contributed by atoms with Gasteiger partial charge in [0.05, 0.1) is 17.3 Å². The highest BCUT2D eigenvalue weighted by molar-refractivity contribution is 5.71. The van der Waals surface area contributed by atoms with Crippen LogP contribution < -0.4 is 4.74 Å². The second kappa shape index (κ2) is 8.45. The molecule has 0 spiro atoms. The van der Waals surface area contributed by atoms with Gasteiger partial charge in [-0.15, -0.1) is 0 Å². The maximum atomic E-state index is 13.2. The lowest BCUT2D eigenvalue weighted by molar-refractivity contribution is -0.138. The predicted molar refractivity (Wildman–Crippen MR) is 95.7 cm³/mol. The molecule has 7 nitrogen and oxygen atoms in total. The molecule has 1 aliphatic heterocycles. The van der Waals surface area contributed by atoms with Gasteiger partial charge in [0.2, 0.25) is 0 Å². The first kappa shape index (κ1) is 20.5.